The summed E-state index contributed by atoms with van der Waals surface area (Å²) in [6.45, 7) is 3.96. The summed E-state index contributed by atoms with van der Waals surface area (Å²) in [5.74, 6) is 0.219. The number of benzene rings is 4. The second kappa shape index (κ2) is 15.5. The summed E-state index contributed by atoms with van der Waals surface area (Å²) in [4.78, 5) is 40.1. The molecule has 0 bridgehead atoms. The average molecular weight is 626 g/mol. The molecule has 45 heavy (non-hydrogen) atoms. The van der Waals surface area contributed by atoms with Crippen molar-refractivity contribution in [1.82, 2.24) is 5.32 Å². The van der Waals surface area contributed by atoms with Crippen LogP contribution < -0.4 is 30.2 Å². The van der Waals surface area contributed by atoms with Gasteiger partial charge in [0.25, 0.3) is 11.8 Å². The maximum absolute atomic E-state index is 13.6. The number of amides is 3. The standard InChI is InChI=1S/C35H35N3O6S/c1-22-14-15-28(23(2)16-22)37-32(39)21-45-27-13-9-12-26(20-27)36-35(41)29(38-34(40)25-10-7-6-8-11-25)17-24-18-30(42-3)33(44-5)31(19-24)43-4/h6-20H,21H2,1-5H3,(H,36,41)(H,37,39)(H,38,40)/b29-17+. The molecule has 0 heterocycles. The highest BCUT2D eigenvalue weighted by Gasteiger charge is 2.18. The Morgan fingerprint density at radius 1 is 0.778 bits per heavy atom. The number of carbonyl (C=O) groups is 3. The maximum Gasteiger partial charge on any atom is 0.272 e. The number of carbonyl (C=O) groups excluding carboxylic acids is 3. The van der Waals surface area contributed by atoms with Gasteiger partial charge in [0.1, 0.15) is 5.70 Å². The second-order valence-corrected chi connectivity index (χ2v) is 11.0. The Kier molecular flexibility index (Phi) is 11.3. The summed E-state index contributed by atoms with van der Waals surface area (Å²) in [6, 6.07) is 24.9. The molecule has 3 amide bonds. The van der Waals surface area contributed by atoms with Gasteiger partial charge in [-0.15, -0.1) is 11.8 Å². The van der Waals surface area contributed by atoms with Crippen LogP contribution in [0.5, 0.6) is 17.2 Å². The SMILES string of the molecule is COc1cc(/C=C(/NC(=O)c2ccccc2)C(=O)Nc2cccc(SCC(=O)Nc3ccc(C)cc3C)c2)cc(OC)c1OC. The van der Waals surface area contributed by atoms with E-state index in [1.54, 1.807) is 60.7 Å². The van der Waals surface area contributed by atoms with Crippen LogP contribution in [0.2, 0.25) is 0 Å². The molecule has 0 aliphatic heterocycles. The zero-order valence-corrected chi connectivity index (χ0v) is 26.5. The van der Waals surface area contributed by atoms with Crippen LogP contribution in [0, 0.1) is 13.8 Å². The predicted molar refractivity (Wildman–Crippen MR) is 178 cm³/mol. The zero-order chi connectivity index (χ0) is 32.3. The fourth-order valence-corrected chi connectivity index (χ4v) is 5.20. The Hall–Kier alpha value is -5.22. The molecule has 0 saturated heterocycles. The summed E-state index contributed by atoms with van der Waals surface area (Å²) in [5, 5.41) is 8.53. The molecule has 4 aromatic rings. The van der Waals surface area contributed by atoms with Crippen LogP contribution >= 0.6 is 11.8 Å². The molecule has 0 unspecified atom stereocenters. The highest BCUT2D eigenvalue weighted by atomic mass is 32.2. The predicted octanol–water partition coefficient (Wildman–Crippen LogP) is 6.47. The summed E-state index contributed by atoms with van der Waals surface area (Å²) in [6.07, 6.45) is 1.52. The number of hydrogen-bond donors (Lipinski definition) is 3. The van der Waals surface area contributed by atoms with Gasteiger partial charge in [-0.25, -0.2) is 0 Å². The van der Waals surface area contributed by atoms with E-state index in [0.29, 0.717) is 34.1 Å². The monoisotopic (exact) mass is 625 g/mol. The highest BCUT2D eigenvalue weighted by Crippen LogP contribution is 2.38. The molecule has 4 aromatic carbocycles. The van der Waals surface area contributed by atoms with Crippen LogP contribution in [-0.2, 0) is 9.59 Å². The van der Waals surface area contributed by atoms with Crippen molar-refractivity contribution in [1.29, 1.82) is 0 Å². The van der Waals surface area contributed by atoms with E-state index in [1.807, 2.05) is 38.1 Å². The minimum atomic E-state index is -0.553. The first-order valence-corrected chi connectivity index (χ1v) is 15.0. The molecule has 0 saturated carbocycles. The van der Waals surface area contributed by atoms with Gasteiger partial charge in [-0.2, -0.15) is 0 Å². The Labute approximate surface area is 267 Å². The molecule has 0 atom stereocenters. The molecule has 4 rings (SSSR count). The van der Waals surface area contributed by atoms with Crippen molar-refractivity contribution in [3.05, 3.63) is 113 Å². The normalized spacial score (nSPS) is 10.9. The molecular weight excluding hydrogens is 590 g/mol. The van der Waals surface area contributed by atoms with Crippen molar-refractivity contribution >= 4 is 46.9 Å². The molecule has 0 aromatic heterocycles. The van der Waals surface area contributed by atoms with Gasteiger partial charge < -0.3 is 30.2 Å². The van der Waals surface area contributed by atoms with Crippen LogP contribution in [0.3, 0.4) is 0 Å². The summed E-state index contributed by atoms with van der Waals surface area (Å²) >= 11 is 1.34. The third-order valence-corrected chi connectivity index (χ3v) is 7.64. The Balaban J connectivity index is 1.54. The van der Waals surface area contributed by atoms with Gasteiger partial charge in [0, 0.05) is 21.8 Å². The lowest BCUT2D eigenvalue weighted by atomic mass is 10.1. The zero-order valence-electron chi connectivity index (χ0n) is 25.7. The number of rotatable bonds is 12. The lowest BCUT2D eigenvalue weighted by Crippen LogP contribution is -2.30. The Bertz CT molecular complexity index is 1700. The van der Waals surface area contributed by atoms with Gasteiger partial charge in [-0.05, 0) is 79.6 Å². The second-order valence-electron chi connectivity index (χ2n) is 9.97. The van der Waals surface area contributed by atoms with Crippen LogP contribution in [0.15, 0.2) is 95.5 Å². The van der Waals surface area contributed by atoms with Crippen molar-refractivity contribution in [2.24, 2.45) is 0 Å². The van der Waals surface area contributed by atoms with Crippen LogP contribution in [0.1, 0.15) is 27.0 Å². The Morgan fingerprint density at radius 3 is 2.13 bits per heavy atom. The first-order valence-electron chi connectivity index (χ1n) is 14.0. The molecule has 3 N–H and O–H groups in total. The molecular formula is C35H35N3O6S. The Morgan fingerprint density at radius 2 is 1.49 bits per heavy atom. The van der Waals surface area contributed by atoms with Crippen LogP contribution in [-0.4, -0.2) is 44.8 Å². The number of thioether (sulfide) groups is 1. The topological polar surface area (TPSA) is 115 Å². The van der Waals surface area contributed by atoms with Crippen molar-refractivity contribution in [2.45, 2.75) is 18.7 Å². The number of aryl methyl sites for hydroxylation is 2. The van der Waals surface area contributed by atoms with E-state index in [4.69, 9.17) is 14.2 Å². The molecule has 0 spiro atoms. The number of ether oxygens (including phenoxy) is 3. The van der Waals surface area contributed by atoms with E-state index in [0.717, 1.165) is 21.7 Å². The summed E-state index contributed by atoms with van der Waals surface area (Å²) < 4.78 is 16.3. The van der Waals surface area contributed by atoms with E-state index in [9.17, 15) is 14.4 Å². The third-order valence-electron chi connectivity index (χ3n) is 6.64. The first-order chi connectivity index (χ1) is 21.7. The molecule has 232 valence electrons. The van der Waals surface area contributed by atoms with Crippen molar-refractivity contribution in [3.63, 3.8) is 0 Å². The van der Waals surface area contributed by atoms with E-state index in [-0.39, 0.29) is 17.4 Å². The van der Waals surface area contributed by atoms with Crippen molar-refractivity contribution in [2.75, 3.05) is 37.7 Å². The number of nitrogens with one attached hydrogen (secondary N) is 3. The first kappa shape index (κ1) is 32.7. The van der Waals surface area contributed by atoms with Crippen LogP contribution in [0.25, 0.3) is 6.08 Å². The summed E-state index contributed by atoms with van der Waals surface area (Å²) in [5.41, 5.74) is 4.29. The van der Waals surface area contributed by atoms with Crippen molar-refractivity contribution < 1.29 is 28.6 Å². The molecule has 0 aliphatic carbocycles. The minimum Gasteiger partial charge on any atom is -0.493 e. The highest BCUT2D eigenvalue weighted by molar-refractivity contribution is 8.00. The molecule has 0 fully saturated rings. The number of hydrogen-bond acceptors (Lipinski definition) is 7. The lowest BCUT2D eigenvalue weighted by molar-refractivity contribution is -0.114. The van der Waals surface area contributed by atoms with Gasteiger partial charge >= 0.3 is 0 Å². The maximum atomic E-state index is 13.6. The van der Waals surface area contributed by atoms with E-state index >= 15 is 0 Å². The quantitative estimate of drug-likeness (QED) is 0.122. The lowest BCUT2D eigenvalue weighted by Gasteiger charge is -2.15. The van der Waals surface area contributed by atoms with Crippen molar-refractivity contribution in [3.8, 4) is 17.2 Å². The van der Waals surface area contributed by atoms with Gasteiger partial charge in [-0.1, -0.05) is 42.0 Å². The third kappa shape index (κ3) is 8.90. The fourth-order valence-electron chi connectivity index (χ4n) is 4.44. The van der Waals surface area contributed by atoms with Gasteiger partial charge in [0.05, 0.1) is 27.1 Å². The molecule has 10 heteroatoms. The fraction of sp³-hybridized carbons (Fsp3) is 0.171. The average Bonchev–Trinajstić information content (AvgIpc) is 3.04. The molecule has 9 nitrogen and oxygen atoms in total. The largest absolute Gasteiger partial charge is 0.493 e. The van der Waals surface area contributed by atoms with E-state index in [2.05, 4.69) is 16.0 Å². The molecule has 0 radical (unpaired) electrons. The van der Waals surface area contributed by atoms with E-state index < -0.39 is 11.8 Å². The minimum absolute atomic E-state index is 0.0102. The van der Waals surface area contributed by atoms with Crippen LogP contribution in [0.4, 0.5) is 11.4 Å². The summed E-state index contributed by atoms with van der Waals surface area (Å²) in [7, 11) is 4.49. The number of anilines is 2. The van der Waals surface area contributed by atoms with E-state index in [1.165, 1.54) is 39.2 Å². The van der Waals surface area contributed by atoms with Gasteiger partial charge in [0.15, 0.2) is 11.5 Å². The van der Waals surface area contributed by atoms with Gasteiger partial charge in [-0.3, -0.25) is 14.4 Å². The van der Waals surface area contributed by atoms with Gasteiger partial charge in [0.2, 0.25) is 11.7 Å². The number of methoxy groups -OCH3 is 3. The smallest absolute Gasteiger partial charge is 0.272 e. The molecule has 0 aliphatic rings.